The van der Waals surface area contributed by atoms with Crippen LogP contribution in [-0.2, 0) is 19.0 Å². The molecule has 44 heavy (non-hydrogen) atoms. The van der Waals surface area contributed by atoms with E-state index >= 15 is 0 Å². The van der Waals surface area contributed by atoms with Gasteiger partial charge >= 0.3 is 6.18 Å². The van der Waals surface area contributed by atoms with E-state index in [2.05, 4.69) is 15.4 Å². The van der Waals surface area contributed by atoms with E-state index in [-0.39, 0.29) is 31.1 Å². The Hall–Kier alpha value is -4.20. The number of aromatic nitrogens is 3. The molecule has 1 aliphatic carbocycles. The summed E-state index contributed by atoms with van der Waals surface area (Å²) in [4.78, 5) is 20.1. The number of carbonyl (C=O) groups is 1. The molecular formula is C31H27F5N6O2. The molecule has 228 valence electrons. The van der Waals surface area contributed by atoms with E-state index in [1.807, 2.05) is 0 Å². The van der Waals surface area contributed by atoms with Gasteiger partial charge in [0, 0.05) is 55.4 Å². The van der Waals surface area contributed by atoms with Crippen molar-refractivity contribution < 1.29 is 26.7 Å². The number of hydroxylamine groups is 2. The zero-order valence-electron chi connectivity index (χ0n) is 23.4. The standard InChI is InChI=1S/C31H27F5N6O2/c32-19-3-6-21(7-4-19)42(44)18-37-17-30(42)11-14-40(15-12-30)29(43)27-23-8-10-26-22(2-1-13-38-26)28(23)41(39-27)20-5-9-25(33)24(16-20)31(34,35)36/h1-7,9,13,16,37H,8,10-12,14-15,17-18H2. The van der Waals surface area contributed by atoms with Crippen LogP contribution >= 0.6 is 0 Å². The molecule has 3 aliphatic rings. The van der Waals surface area contributed by atoms with Gasteiger partial charge in [-0.2, -0.15) is 18.3 Å². The molecule has 4 aromatic rings. The summed E-state index contributed by atoms with van der Waals surface area (Å²) in [5.41, 5.74) is 0.717. The van der Waals surface area contributed by atoms with Gasteiger partial charge in [-0.25, -0.2) is 13.5 Å². The Morgan fingerprint density at radius 1 is 1.02 bits per heavy atom. The van der Waals surface area contributed by atoms with Crippen molar-refractivity contribution in [1.29, 1.82) is 0 Å². The molecule has 2 aromatic carbocycles. The van der Waals surface area contributed by atoms with E-state index in [9.17, 15) is 32.0 Å². The van der Waals surface area contributed by atoms with Crippen molar-refractivity contribution in [3.8, 4) is 16.9 Å². The first-order valence-corrected chi connectivity index (χ1v) is 14.3. The van der Waals surface area contributed by atoms with Crippen LogP contribution < -0.4 is 9.96 Å². The van der Waals surface area contributed by atoms with Crippen molar-refractivity contribution >= 4 is 11.6 Å². The third kappa shape index (κ3) is 4.41. The Kier molecular flexibility index (Phi) is 6.61. The third-order valence-corrected chi connectivity index (χ3v) is 9.22. The highest BCUT2D eigenvalue weighted by molar-refractivity contribution is 5.96. The van der Waals surface area contributed by atoms with Gasteiger partial charge in [0.15, 0.2) is 5.69 Å². The van der Waals surface area contributed by atoms with E-state index in [1.54, 1.807) is 23.2 Å². The number of amides is 1. The number of likely N-dealkylation sites (tertiary alicyclic amines) is 1. The van der Waals surface area contributed by atoms with Gasteiger partial charge in [0.05, 0.1) is 29.2 Å². The van der Waals surface area contributed by atoms with Crippen LogP contribution in [0.3, 0.4) is 0 Å². The minimum atomic E-state index is -4.92. The Bertz CT molecular complexity index is 1760. The van der Waals surface area contributed by atoms with Crippen molar-refractivity contribution in [2.45, 2.75) is 37.4 Å². The summed E-state index contributed by atoms with van der Waals surface area (Å²) in [6, 6.07) is 11.7. The first-order chi connectivity index (χ1) is 21.0. The fraction of sp³-hybridized carbons (Fsp3) is 0.323. The first kappa shape index (κ1) is 28.6. The van der Waals surface area contributed by atoms with E-state index < -0.39 is 39.5 Å². The molecular weight excluding hydrogens is 583 g/mol. The molecule has 1 unspecified atom stereocenters. The number of alkyl halides is 3. The lowest BCUT2D eigenvalue weighted by Crippen LogP contribution is -2.64. The summed E-state index contributed by atoms with van der Waals surface area (Å²) < 4.78 is 69.2. The van der Waals surface area contributed by atoms with Crippen LogP contribution in [0.5, 0.6) is 0 Å². The molecule has 2 saturated heterocycles. The van der Waals surface area contributed by atoms with Crippen molar-refractivity contribution in [2.24, 2.45) is 0 Å². The molecule has 2 aliphatic heterocycles. The Morgan fingerprint density at radius 2 is 1.77 bits per heavy atom. The number of hydrogen-bond donors (Lipinski definition) is 1. The minimum absolute atomic E-state index is 0.0342. The van der Waals surface area contributed by atoms with Crippen LogP contribution in [-0.4, -0.2) is 57.4 Å². The van der Waals surface area contributed by atoms with Gasteiger partial charge in [0.2, 0.25) is 0 Å². The normalized spacial score (nSPS) is 20.9. The van der Waals surface area contributed by atoms with Gasteiger partial charge in [0.1, 0.15) is 29.5 Å². The number of benzene rings is 2. The number of piperidine rings is 1. The molecule has 8 nitrogen and oxygen atoms in total. The summed E-state index contributed by atoms with van der Waals surface area (Å²) in [6.45, 7) is 1.09. The van der Waals surface area contributed by atoms with Crippen molar-refractivity contribution in [1.82, 2.24) is 29.6 Å². The lowest BCUT2D eigenvalue weighted by atomic mass is 9.85. The fourth-order valence-corrected chi connectivity index (χ4v) is 6.88. The maximum Gasteiger partial charge on any atom is 0.419 e. The maximum atomic E-state index is 14.2. The average molecular weight is 611 g/mol. The highest BCUT2D eigenvalue weighted by Gasteiger charge is 2.53. The van der Waals surface area contributed by atoms with Gasteiger partial charge in [0.25, 0.3) is 5.91 Å². The summed E-state index contributed by atoms with van der Waals surface area (Å²) >= 11 is 0. The van der Waals surface area contributed by atoms with Gasteiger partial charge in [-0.3, -0.25) is 15.1 Å². The number of fused-ring (bicyclic) bond motifs is 3. The number of nitrogens with one attached hydrogen (secondary N) is 1. The van der Waals surface area contributed by atoms with Gasteiger partial charge in [-0.1, -0.05) is 0 Å². The van der Waals surface area contributed by atoms with Gasteiger partial charge in [-0.05, 0) is 55.3 Å². The molecule has 1 spiro atoms. The molecule has 0 saturated carbocycles. The highest BCUT2D eigenvalue weighted by Crippen LogP contribution is 2.43. The van der Waals surface area contributed by atoms with Gasteiger partial charge in [-0.15, -0.1) is 0 Å². The molecule has 7 rings (SSSR count). The van der Waals surface area contributed by atoms with Crippen LogP contribution in [0.25, 0.3) is 16.9 Å². The lowest BCUT2D eigenvalue weighted by Gasteiger charge is -2.54. The Morgan fingerprint density at radius 3 is 2.50 bits per heavy atom. The number of pyridine rings is 1. The number of halogens is 5. The maximum absolute atomic E-state index is 14.2. The van der Waals surface area contributed by atoms with Crippen molar-refractivity contribution in [2.75, 3.05) is 26.3 Å². The first-order valence-electron chi connectivity index (χ1n) is 14.3. The van der Waals surface area contributed by atoms with Crippen LogP contribution in [0.1, 0.15) is 40.2 Å². The average Bonchev–Trinajstić information content (AvgIpc) is 3.56. The molecule has 2 fully saturated rings. The monoisotopic (exact) mass is 610 g/mol. The minimum Gasteiger partial charge on any atom is -0.626 e. The number of nitrogens with zero attached hydrogens (tertiary/aromatic N) is 5. The molecule has 2 aromatic heterocycles. The van der Waals surface area contributed by atoms with E-state index in [0.29, 0.717) is 60.8 Å². The Labute approximate surface area is 248 Å². The molecule has 1 N–H and O–H groups in total. The SMILES string of the molecule is O=C(c1nn(-c2ccc(F)c(C(F)(F)F)c2)c2c1CCc1ncccc1-2)N1CCC2(CC1)CNC[N+]2([O-])c1ccc(F)cc1. The summed E-state index contributed by atoms with van der Waals surface area (Å²) in [5.74, 6) is -2.23. The predicted molar refractivity (Wildman–Crippen MR) is 151 cm³/mol. The fourth-order valence-electron chi connectivity index (χ4n) is 6.88. The molecule has 1 atom stereocenters. The molecule has 13 heteroatoms. The predicted octanol–water partition coefficient (Wildman–Crippen LogP) is 5.37. The lowest BCUT2D eigenvalue weighted by molar-refractivity contribution is -0.140. The second-order valence-electron chi connectivity index (χ2n) is 11.6. The number of quaternary nitrogens is 1. The molecule has 1 amide bonds. The zero-order chi connectivity index (χ0) is 30.9. The highest BCUT2D eigenvalue weighted by atomic mass is 19.4. The number of rotatable bonds is 3. The second-order valence-corrected chi connectivity index (χ2v) is 11.6. The van der Waals surface area contributed by atoms with E-state index in [1.165, 1.54) is 35.0 Å². The topological polar surface area (TPSA) is 86.1 Å². The van der Waals surface area contributed by atoms with E-state index in [0.717, 1.165) is 11.8 Å². The quantitative estimate of drug-likeness (QED) is 0.192. The molecule has 0 radical (unpaired) electrons. The zero-order valence-corrected chi connectivity index (χ0v) is 23.4. The van der Waals surface area contributed by atoms with E-state index in [4.69, 9.17) is 0 Å². The van der Waals surface area contributed by atoms with Crippen LogP contribution in [0.15, 0.2) is 60.8 Å². The number of carbonyl (C=O) groups excluding carboxylic acids is 1. The smallest absolute Gasteiger partial charge is 0.419 e. The second kappa shape index (κ2) is 10.2. The largest absolute Gasteiger partial charge is 0.626 e. The molecule has 4 heterocycles. The summed E-state index contributed by atoms with van der Waals surface area (Å²) in [7, 11) is 0. The Balaban J connectivity index is 1.24. The third-order valence-electron chi connectivity index (χ3n) is 9.22. The van der Waals surface area contributed by atoms with Crippen LogP contribution in [0.4, 0.5) is 27.6 Å². The summed E-state index contributed by atoms with van der Waals surface area (Å²) in [6.07, 6.45) is -1.63. The van der Waals surface area contributed by atoms with Crippen molar-refractivity contribution in [3.05, 3.63) is 100 Å². The number of hydrogen-bond acceptors (Lipinski definition) is 5. The van der Waals surface area contributed by atoms with Crippen LogP contribution in [0.2, 0.25) is 0 Å². The van der Waals surface area contributed by atoms with Crippen LogP contribution in [0, 0.1) is 16.8 Å². The summed E-state index contributed by atoms with van der Waals surface area (Å²) in [5, 5.41) is 21.9. The molecule has 0 bridgehead atoms. The number of aryl methyl sites for hydroxylation is 1. The van der Waals surface area contributed by atoms with Crippen molar-refractivity contribution in [3.63, 3.8) is 0 Å². The van der Waals surface area contributed by atoms with Gasteiger partial charge < -0.3 is 14.8 Å².